The van der Waals surface area contributed by atoms with Crippen LogP contribution in [0.25, 0.3) is 10.8 Å². The van der Waals surface area contributed by atoms with E-state index >= 15 is 0 Å². The molecule has 3 heteroatoms. The van der Waals surface area contributed by atoms with Gasteiger partial charge in [-0.2, -0.15) is 0 Å². The van der Waals surface area contributed by atoms with Gasteiger partial charge in [-0.05, 0) is 6.42 Å². The van der Waals surface area contributed by atoms with E-state index in [0.29, 0.717) is 0 Å². The largest absolute Gasteiger partial charge is 0.396 e. The first-order valence-electron chi connectivity index (χ1n) is 6.18. The molecule has 0 aliphatic rings. The summed E-state index contributed by atoms with van der Waals surface area (Å²) in [5.41, 5.74) is 0. The summed E-state index contributed by atoms with van der Waals surface area (Å²) in [7, 11) is 0. The van der Waals surface area contributed by atoms with E-state index in [1.807, 2.05) is 0 Å². The van der Waals surface area contributed by atoms with Crippen molar-refractivity contribution < 1.29 is 5.11 Å². The Kier molecular flexibility index (Phi) is 4.51. The molecule has 0 saturated heterocycles. The number of rotatable bonds is 6. The second kappa shape index (κ2) is 6.12. The molecule has 2 nitrogen and oxygen atoms in total. The molecule has 92 valence electrons. The quantitative estimate of drug-likeness (QED) is 0.792. The molecule has 0 bridgehead atoms. The molecule has 0 spiro atoms. The summed E-state index contributed by atoms with van der Waals surface area (Å²) in [6, 6.07) is 8.47. The molecule has 0 fully saturated rings. The fraction of sp³-hybridized carbons (Fsp3) is 0.429. The number of unbranched alkanes of at least 4 members (excludes halogenated alkanes) is 1. The van der Waals surface area contributed by atoms with Crippen LogP contribution >= 0.6 is 11.8 Å². The van der Waals surface area contributed by atoms with Crippen molar-refractivity contribution in [1.29, 1.82) is 0 Å². The lowest BCUT2D eigenvalue weighted by Gasteiger charge is -2.07. The topological polar surface area (TPSA) is 25.2 Å². The Hall–Kier alpha value is -0.930. The Morgan fingerprint density at radius 3 is 2.88 bits per heavy atom. The zero-order valence-electron chi connectivity index (χ0n) is 10.2. The average Bonchev–Trinajstić information content (AvgIpc) is 2.71. The predicted octanol–water partition coefficient (Wildman–Crippen LogP) is 3.53. The third-order valence-electron chi connectivity index (χ3n) is 2.83. The number of aromatic nitrogens is 1. The van der Waals surface area contributed by atoms with Gasteiger partial charge < -0.3 is 9.67 Å². The maximum absolute atomic E-state index is 8.97. The molecule has 0 atom stereocenters. The van der Waals surface area contributed by atoms with E-state index in [9.17, 15) is 0 Å². The second-order valence-corrected chi connectivity index (χ2v) is 5.22. The van der Waals surface area contributed by atoms with Crippen molar-refractivity contribution >= 4 is 22.5 Å². The van der Waals surface area contributed by atoms with Crippen molar-refractivity contribution in [3.05, 3.63) is 30.5 Å². The Labute approximate surface area is 107 Å². The normalized spacial score (nSPS) is 11.2. The van der Waals surface area contributed by atoms with Gasteiger partial charge in [0.2, 0.25) is 0 Å². The molecule has 0 amide bonds. The van der Waals surface area contributed by atoms with Crippen LogP contribution in [0.1, 0.15) is 19.8 Å². The van der Waals surface area contributed by atoms with Crippen molar-refractivity contribution in [1.82, 2.24) is 4.57 Å². The number of aryl methyl sites for hydroxylation is 1. The number of benzene rings is 1. The first kappa shape index (κ1) is 12.5. The van der Waals surface area contributed by atoms with E-state index in [-0.39, 0.29) is 6.61 Å². The molecule has 0 saturated carbocycles. The third kappa shape index (κ3) is 2.85. The summed E-state index contributed by atoms with van der Waals surface area (Å²) >= 11 is 1.75. The zero-order valence-corrected chi connectivity index (χ0v) is 11.0. The highest BCUT2D eigenvalue weighted by molar-refractivity contribution is 7.99. The summed E-state index contributed by atoms with van der Waals surface area (Å²) in [6.45, 7) is 3.51. The van der Waals surface area contributed by atoms with Crippen LogP contribution in [0.2, 0.25) is 0 Å². The van der Waals surface area contributed by atoms with Crippen molar-refractivity contribution in [3.8, 4) is 0 Å². The maximum Gasteiger partial charge on any atom is 0.0828 e. The Morgan fingerprint density at radius 1 is 1.29 bits per heavy atom. The standard InChI is InChI=1S/C14H19NOS/c1-2-3-8-15-11-12-6-4-5-7-13(12)14(15)17-10-9-16/h4-7,11,16H,2-3,8-10H2,1H3. The van der Waals surface area contributed by atoms with Crippen molar-refractivity contribution in [2.24, 2.45) is 0 Å². The van der Waals surface area contributed by atoms with Crippen LogP contribution in [0.5, 0.6) is 0 Å². The van der Waals surface area contributed by atoms with Crippen LogP contribution in [0, 0.1) is 0 Å². The Bertz CT molecular complexity index is 478. The number of hydrogen-bond acceptors (Lipinski definition) is 2. The summed E-state index contributed by atoms with van der Waals surface area (Å²) in [6.07, 6.45) is 4.64. The van der Waals surface area contributed by atoms with Gasteiger partial charge in [0, 0.05) is 29.3 Å². The van der Waals surface area contributed by atoms with Crippen LogP contribution < -0.4 is 0 Å². The van der Waals surface area contributed by atoms with Crippen LogP contribution in [0.15, 0.2) is 35.5 Å². The molecule has 1 aromatic carbocycles. The van der Waals surface area contributed by atoms with Gasteiger partial charge >= 0.3 is 0 Å². The molecular formula is C14H19NOS. The lowest BCUT2D eigenvalue weighted by atomic mass is 10.2. The van der Waals surface area contributed by atoms with Crippen LogP contribution in [-0.4, -0.2) is 22.0 Å². The Balaban J connectivity index is 2.34. The highest BCUT2D eigenvalue weighted by Gasteiger charge is 2.08. The van der Waals surface area contributed by atoms with E-state index in [1.165, 1.54) is 28.6 Å². The van der Waals surface area contributed by atoms with Gasteiger partial charge in [0.1, 0.15) is 0 Å². The fourth-order valence-corrected chi connectivity index (χ4v) is 2.92. The summed E-state index contributed by atoms with van der Waals surface area (Å²) in [4.78, 5) is 0. The van der Waals surface area contributed by atoms with E-state index in [0.717, 1.165) is 12.3 Å². The first-order valence-corrected chi connectivity index (χ1v) is 7.17. The number of nitrogens with zero attached hydrogens (tertiary/aromatic N) is 1. The second-order valence-electron chi connectivity index (χ2n) is 4.14. The Morgan fingerprint density at radius 2 is 2.12 bits per heavy atom. The van der Waals surface area contributed by atoms with E-state index in [2.05, 4.69) is 42.0 Å². The van der Waals surface area contributed by atoms with Gasteiger partial charge in [-0.25, -0.2) is 0 Å². The number of aliphatic hydroxyl groups excluding tert-OH is 1. The minimum atomic E-state index is 0.234. The zero-order chi connectivity index (χ0) is 12.1. The van der Waals surface area contributed by atoms with Gasteiger partial charge in [-0.1, -0.05) is 37.6 Å². The van der Waals surface area contributed by atoms with Gasteiger partial charge in [-0.3, -0.25) is 0 Å². The van der Waals surface area contributed by atoms with Crippen LogP contribution in [-0.2, 0) is 6.54 Å². The van der Waals surface area contributed by atoms with Gasteiger partial charge in [0.15, 0.2) is 0 Å². The number of thioether (sulfide) groups is 1. The average molecular weight is 249 g/mol. The molecule has 1 aromatic heterocycles. The molecule has 1 heterocycles. The number of hydrogen-bond donors (Lipinski definition) is 1. The van der Waals surface area contributed by atoms with E-state index in [4.69, 9.17) is 5.11 Å². The molecule has 2 aromatic rings. The monoisotopic (exact) mass is 249 g/mol. The number of aliphatic hydroxyl groups is 1. The molecule has 0 aliphatic heterocycles. The molecule has 0 radical (unpaired) electrons. The molecule has 2 rings (SSSR count). The molecular weight excluding hydrogens is 230 g/mol. The minimum Gasteiger partial charge on any atom is -0.396 e. The number of fused-ring (bicyclic) bond motifs is 1. The van der Waals surface area contributed by atoms with Crippen LogP contribution in [0.3, 0.4) is 0 Å². The van der Waals surface area contributed by atoms with Crippen LogP contribution in [0.4, 0.5) is 0 Å². The summed E-state index contributed by atoms with van der Waals surface area (Å²) in [5, 5.41) is 12.9. The minimum absolute atomic E-state index is 0.234. The van der Waals surface area contributed by atoms with Gasteiger partial charge in [0.05, 0.1) is 11.6 Å². The van der Waals surface area contributed by atoms with E-state index in [1.54, 1.807) is 11.8 Å². The smallest absolute Gasteiger partial charge is 0.0828 e. The molecule has 17 heavy (non-hydrogen) atoms. The lowest BCUT2D eigenvalue weighted by molar-refractivity contribution is 0.322. The molecule has 1 N–H and O–H groups in total. The van der Waals surface area contributed by atoms with Gasteiger partial charge in [-0.15, -0.1) is 11.8 Å². The highest BCUT2D eigenvalue weighted by atomic mass is 32.2. The SMILES string of the molecule is CCCCn1cc2ccccc2c1SCCO. The summed E-state index contributed by atoms with van der Waals surface area (Å²) < 4.78 is 2.33. The van der Waals surface area contributed by atoms with Gasteiger partial charge in [0.25, 0.3) is 0 Å². The van der Waals surface area contributed by atoms with E-state index < -0.39 is 0 Å². The van der Waals surface area contributed by atoms with Crippen molar-refractivity contribution in [3.63, 3.8) is 0 Å². The lowest BCUT2D eigenvalue weighted by Crippen LogP contribution is -1.98. The van der Waals surface area contributed by atoms with Crippen molar-refractivity contribution in [2.45, 2.75) is 31.3 Å². The first-order chi connectivity index (χ1) is 8.36. The molecule has 0 aliphatic carbocycles. The molecule has 0 unspecified atom stereocenters. The highest BCUT2D eigenvalue weighted by Crippen LogP contribution is 2.30. The fourth-order valence-electron chi connectivity index (χ4n) is 1.98. The summed E-state index contributed by atoms with van der Waals surface area (Å²) in [5.74, 6) is 0.764. The maximum atomic E-state index is 8.97. The third-order valence-corrected chi connectivity index (χ3v) is 3.94. The predicted molar refractivity (Wildman–Crippen MR) is 74.7 cm³/mol. The van der Waals surface area contributed by atoms with Crippen molar-refractivity contribution in [2.75, 3.05) is 12.4 Å².